The van der Waals surface area contributed by atoms with Gasteiger partial charge in [0.2, 0.25) is 0 Å². The molecule has 0 bridgehead atoms. The molecule has 0 aromatic rings. The van der Waals surface area contributed by atoms with E-state index in [1.807, 2.05) is 11.9 Å². The second-order valence-electron chi connectivity index (χ2n) is 3.87. The molecule has 1 aliphatic heterocycles. The third-order valence-electron chi connectivity index (χ3n) is 2.24. The van der Waals surface area contributed by atoms with Gasteiger partial charge < -0.3 is 10.6 Å². The quantitative estimate of drug-likeness (QED) is 0.669. The van der Waals surface area contributed by atoms with Gasteiger partial charge in [-0.1, -0.05) is 0 Å². The van der Waals surface area contributed by atoms with Crippen LogP contribution >= 0.6 is 0 Å². The molecule has 1 aliphatic rings. The van der Waals surface area contributed by atoms with Gasteiger partial charge in [0, 0.05) is 32.2 Å². The summed E-state index contributed by atoms with van der Waals surface area (Å²) in [6.45, 7) is 1.21. The van der Waals surface area contributed by atoms with Gasteiger partial charge in [-0.3, -0.25) is 4.90 Å². The van der Waals surface area contributed by atoms with E-state index in [4.69, 9.17) is 5.73 Å². The molecule has 3 nitrogen and oxygen atoms in total. The van der Waals surface area contributed by atoms with Crippen molar-refractivity contribution in [2.24, 2.45) is 5.73 Å². The minimum atomic E-state index is -4.12. The first-order valence-electron chi connectivity index (χ1n) is 4.60. The number of hydrogen-bond donors (Lipinski definition) is 1. The molecule has 1 saturated heterocycles. The van der Waals surface area contributed by atoms with Crippen LogP contribution in [0.15, 0.2) is 0 Å². The molecule has 1 fully saturated rings. The van der Waals surface area contributed by atoms with E-state index in [0.717, 1.165) is 0 Å². The fourth-order valence-corrected chi connectivity index (χ4v) is 1.68. The van der Waals surface area contributed by atoms with Gasteiger partial charge in [0.1, 0.15) is 0 Å². The molecule has 0 amide bonds. The SMILES string of the molecule is CN1CCN(CC(F)(F)F)CC(N)C1. The van der Waals surface area contributed by atoms with Gasteiger partial charge in [0.15, 0.2) is 0 Å². The zero-order chi connectivity index (χ0) is 10.8. The highest BCUT2D eigenvalue weighted by atomic mass is 19.4. The van der Waals surface area contributed by atoms with Crippen molar-refractivity contribution in [1.82, 2.24) is 9.80 Å². The Labute approximate surface area is 81.6 Å². The maximum atomic E-state index is 12.1. The van der Waals surface area contributed by atoms with Crippen LogP contribution in [0.5, 0.6) is 0 Å². The molecule has 0 aliphatic carbocycles. The van der Waals surface area contributed by atoms with Crippen molar-refractivity contribution in [3.63, 3.8) is 0 Å². The number of halogens is 3. The summed E-state index contributed by atoms with van der Waals surface area (Å²) in [5.74, 6) is 0. The maximum Gasteiger partial charge on any atom is 0.401 e. The summed E-state index contributed by atoms with van der Waals surface area (Å²) in [4.78, 5) is 3.33. The fraction of sp³-hybridized carbons (Fsp3) is 1.00. The Bertz CT molecular complexity index is 183. The summed E-state index contributed by atoms with van der Waals surface area (Å²) in [5, 5.41) is 0. The predicted molar refractivity (Wildman–Crippen MR) is 48.0 cm³/mol. The second-order valence-corrected chi connectivity index (χ2v) is 3.87. The number of nitrogens with zero attached hydrogens (tertiary/aromatic N) is 2. The lowest BCUT2D eigenvalue weighted by molar-refractivity contribution is -0.145. The highest BCUT2D eigenvalue weighted by molar-refractivity contribution is 4.78. The fourth-order valence-electron chi connectivity index (χ4n) is 1.68. The largest absolute Gasteiger partial charge is 0.401 e. The van der Waals surface area contributed by atoms with Crippen LogP contribution in [0, 0.1) is 0 Å². The molecule has 2 N–H and O–H groups in total. The Hall–Kier alpha value is -0.330. The highest BCUT2D eigenvalue weighted by Gasteiger charge is 2.32. The van der Waals surface area contributed by atoms with E-state index >= 15 is 0 Å². The molecular weight excluding hydrogens is 195 g/mol. The summed E-state index contributed by atoms with van der Waals surface area (Å²) in [7, 11) is 1.87. The molecule has 0 saturated carbocycles. The van der Waals surface area contributed by atoms with Crippen molar-refractivity contribution in [1.29, 1.82) is 0 Å². The summed E-state index contributed by atoms with van der Waals surface area (Å²) in [6.07, 6.45) is -4.12. The molecule has 84 valence electrons. The molecule has 0 radical (unpaired) electrons. The number of likely N-dealkylation sites (N-methyl/N-ethyl adjacent to an activating group) is 1. The summed E-state index contributed by atoms with van der Waals surface area (Å²) < 4.78 is 36.3. The average molecular weight is 211 g/mol. The van der Waals surface area contributed by atoms with Crippen LogP contribution in [0.1, 0.15) is 0 Å². The maximum absolute atomic E-state index is 12.1. The zero-order valence-corrected chi connectivity index (χ0v) is 8.22. The van der Waals surface area contributed by atoms with Gasteiger partial charge in [-0.05, 0) is 7.05 Å². The van der Waals surface area contributed by atoms with Gasteiger partial charge in [-0.2, -0.15) is 13.2 Å². The molecule has 1 heterocycles. The minimum absolute atomic E-state index is 0.190. The van der Waals surface area contributed by atoms with Crippen LogP contribution in [-0.2, 0) is 0 Å². The Balaban J connectivity index is 2.46. The van der Waals surface area contributed by atoms with E-state index in [0.29, 0.717) is 26.2 Å². The lowest BCUT2D eigenvalue weighted by atomic mass is 10.3. The molecular formula is C8H16F3N3. The Morgan fingerprint density at radius 3 is 2.50 bits per heavy atom. The molecule has 0 aromatic heterocycles. The monoisotopic (exact) mass is 211 g/mol. The van der Waals surface area contributed by atoms with E-state index in [2.05, 4.69) is 0 Å². The standard InChI is InChI=1S/C8H16F3N3/c1-13-2-3-14(5-7(12)4-13)6-8(9,10)11/h7H,2-6,12H2,1H3. The average Bonchev–Trinajstić information content (AvgIpc) is 2.08. The minimum Gasteiger partial charge on any atom is -0.325 e. The van der Waals surface area contributed by atoms with E-state index < -0.39 is 12.7 Å². The van der Waals surface area contributed by atoms with Gasteiger partial charge in [-0.25, -0.2) is 0 Å². The molecule has 1 atom stereocenters. The van der Waals surface area contributed by atoms with Gasteiger partial charge >= 0.3 is 6.18 Å². The summed E-state index contributed by atoms with van der Waals surface area (Å²) in [5.41, 5.74) is 5.68. The van der Waals surface area contributed by atoms with Crippen LogP contribution in [0.25, 0.3) is 0 Å². The molecule has 6 heteroatoms. The van der Waals surface area contributed by atoms with Crippen molar-refractivity contribution in [3.8, 4) is 0 Å². The third kappa shape index (κ3) is 4.26. The van der Waals surface area contributed by atoms with Crippen molar-refractivity contribution in [2.45, 2.75) is 12.2 Å². The molecule has 14 heavy (non-hydrogen) atoms. The second kappa shape index (κ2) is 4.46. The molecule has 0 aromatic carbocycles. The lowest BCUT2D eigenvalue weighted by Crippen LogP contribution is -2.42. The smallest absolute Gasteiger partial charge is 0.325 e. The summed E-state index contributed by atoms with van der Waals surface area (Å²) in [6, 6.07) is -0.190. The lowest BCUT2D eigenvalue weighted by Gasteiger charge is -2.22. The van der Waals surface area contributed by atoms with E-state index in [1.165, 1.54) is 4.90 Å². The number of rotatable bonds is 1. The van der Waals surface area contributed by atoms with Gasteiger partial charge in [0.25, 0.3) is 0 Å². The normalized spacial score (nSPS) is 27.6. The Morgan fingerprint density at radius 2 is 1.93 bits per heavy atom. The predicted octanol–water partition coefficient (Wildman–Crippen LogP) is 0.123. The van der Waals surface area contributed by atoms with E-state index in [1.54, 1.807) is 0 Å². The van der Waals surface area contributed by atoms with Crippen molar-refractivity contribution in [2.75, 3.05) is 39.8 Å². The number of nitrogens with two attached hydrogens (primary N) is 1. The first-order chi connectivity index (χ1) is 6.37. The van der Waals surface area contributed by atoms with Crippen LogP contribution in [0.2, 0.25) is 0 Å². The van der Waals surface area contributed by atoms with Crippen LogP contribution in [0.3, 0.4) is 0 Å². The summed E-state index contributed by atoms with van der Waals surface area (Å²) >= 11 is 0. The van der Waals surface area contributed by atoms with Gasteiger partial charge in [-0.15, -0.1) is 0 Å². The first kappa shape index (κ1) is 11.7. The van der Waals surface area contributed by atoms with Crippen molar-refractivity contribution < 1.29 is 13.2 Å². The number of alkyl halides is 3. The number of hydrogen-bond acceptors (Lipinski definition) is 3. The first-order valence-corrected chi connectivity index (χ1v) is 4.60. The van der Waals surface area contributed by atoms with Crippen LogP contribution in [-0.4, -0.2) is 61.8 Å². The van der Waals surface area contributed by atoms with Crippen molar-refractivity contribution >= 4 is 0 Å². The van der Waals surface area contributed by atoms with Crippen LogP contribution in [0.4, 0.5) is 13.2 Å². The molecule has 0 spiro atoms. The zero-order valence-electron chi connectivity index (χ0n) is 8.22. The topological polar surface area (TPSA) is 32.5 Å². The Morgan fingerprint density at radius 1 is 1.29 bits per heavy atom. The van der Waals surface area contributed by atoms with E-state index in [9.17, 15) is 13.2 Å². The van der Waals surface area contributed by atoms with Crippen LogP contribution < -0.4 is 5.73 Å². The third-order valence-corrected chi connectivity index (χ3v) is 2.24. The Kier molecular flexibility index (Phi) is 3.74. The molecule has 1 unspecified atom stereocenters. The van der Waals surface area contributed by atoms with Gasteiger partial charge in [0.05, 0.1) is 6.54 Å². The van der Waals surface area contributed by atoms with Crippen molar-refractivity contribution in [3.05, 3.63) is 0 Å². The molecule has 1 rings (SSSR count). The van der Waals surface area contributed by atoms with E-state index in [-0.39, 0.29) is 6.04 Å². The highest BCUT2D eigenvalue weighted by Crippen LogP contribution is 2.17.